The number of aliphatic hydroxyl groups is 1. The van der Waals surface area contributed by atoms with E-state index in [9.17, 15) is 9.90 Å². The van der Waals surface area contributed by atoms with Gasteiger partial charge in [-0.1, -0.05) is 134 Å². The van der Waals surface area contributed by atoms with Crippen LogP contribution in [0.5, 0.6) is 0 Å². The van der Waals surface area contributed by atoms with E-state index in [0.717, 1.165) is 50.6 Å². The average molecular weight is 654 g/mol. The van der Waals surface area contributed by atoms with E-state index in [1.807, 2.05) is 6.92 Å². The highest BCUT2D eigenvalue weighted by Crippen LogP contribution is 2.19. The third-order valence-corrected chi connectivity index (χ3v) is 9.15. The molecule has 1 aromatic carbocycles. The highest BCUT2D eigenvalue weighted by atomic mass is 16.5. The largest absolute Gasteiger partial charge is 0.465 e. The van der Waals surface area contributed by atoms with Gasteiger partial charge >= 0.3 is 5.97 Å². The number of hydrogen-bond donors (Lipinski definition) is 1. The van der Waals surface area contributed by atoms with E-state index in [1.165, 1.54) is 115 Å². The molecule has 0 amide bonds. The van der Waals surface area contributed by atoms with E-state index in [0.29, 0.717) is 19.1 Å². The molecule has 0 aliphatic rings. The smallest absolute Gasteiger partial charge is 0.313 e. The van der Waals surface area contributed by atoms with Crippen LogP contribution >= 0.6 is 0 Å². The Balaban J connectivity index is 2.08. The Kier molecular flexibility index (Phi) is 28.8. The van der Waals surface area contributed by atoms with Crippen LogP contribution in [0.3, 0.4) is 0 Å². The molecule has 0 radical (unpaired) electrons. The SMILES string of the molecule is CCCCCCCC/C=C/C/C=C/CCCCCN(CCCCO)CCCCCCCCOC(=O)C(C)c1ccc(CC(C)C)cc1. The second-order valence-electron chi connectivity index (χ2n) is 14.2. The fourth-order valence-electron chi connectivity index (χ4n) is 6.10. The topological polar surface area (TPSA) is 49.8 Å². The molecule has 0 fully saturated rings. The fourth-order valence-corrected chi connectivity index (χ4v) is 6.10. The molecule has 0 aliphatic heterocycles. The summed E-state index contributed by atoms with van der Waals surface area (Å²) in [5.41, 5.74) is 2.36. The molecule has 1 N–H and O–H groups in total. The van der Waals surface area contributed by atoms with Gasteiger partial charge in [0.2, 0.25) is 0 Å². The minimum atomic E-state index is -0.211. The Morgan fingerprint density at radius 1 is 0.681 bits per heavy atom. The summed E-state index contributed by atoms with van der Waals surface area (Å²) >= 11 is 0. The lowest BCUT2D eigenvalue weighted by Gasteiger charge is -2.22. The van der Waals surface area contributed by atoms with Crippen molar-refractivity contribution >= 4 is 5.97 Å². The third-order valence-electron chi connectivity index (χ3n) is 9.15. The van der Waals surface area contributed by atoms with Gasteiger partial charge in [0.25, 0.3) is 0 Å². The standard InChI is InChI=1S/C43H75NO3/c1-5-6-7-8-9-10-11-12-13-14-15-16-17-18-21-24-33-44(35-26-27-36-45)34-25-22-19-20-23-28-37-47-43(46)40(4)42-31-29-41(30-32-42)38-39(2)3/h12-13,15-16,29-32,39-40,45H,5-11,14,17-28,33-38H2,1-4H3/b13-12+,16-15+. The predicted octanol–water partition coefficient (Wildman–Crippen LogP) is 11.8. The third kappa shape index (κ3) is 25.7. The van der Waals surface area contributed by atoms with Crippen LogP contribution in [0.15, 0.2) is 48.6 Å². The second kappa shape index (κ2) is 31.4. The first-order chi connectivity index (χ1) is 23.0. The molecule has 4 nitrogen and oxygen atoms in total. The maximum Gasteiger partial charge on any atom is 0.313 e. The van der Waals surface area contributed by atoms with Crippen LogP contribution in [0.1, 0.15) is 173 Å². The lowest BCUT2D eigenvalue weighted by molar-refractivity contribution is -0.145. The lowest BCUT2D eigenvalue weighted by Crippen LogP contribution is -2.27. The molecule has 270 valence electrons. The van der Waals surface area contributed by atoms with Crippen LogP contribution in [-0.2, 0) is 16.0 Å². The summed E-state index contributed by atoms with van der Waals surface area (Å²) in [6.07, 6.45) is 35.1. The van der Waals surface area contributed by atoms with Crippen molar-refractivity contribution in [2.75, 3.05) is 32.8 Å². The van der Waals surface area contributed by atoms with E-state index < -0.39 is 0 Å². The zero-order chi connectivity index (χ0) is 34.2. The molecule has 0 bridgehead atoms. The number of carbonyl (C=O) groups excluding carboxylic acids is 1. The summed E-state index contributed by atoms with van der Waals surface area (Å²) in [5, 5.41) is 9.22. The molecule has 0 aromatic heterocycles. The molecule has 0 saturated heterocycles. The molecule has 1 unspecified atom stereocenters. The van der Waals surface area contributed by atoms with E-state index in [2.05, 4.69) is 74.2 Å². The summed E-state index contributed by atoms with van der Waals surface area (Å²) < 4.78 is 5.60. The summed E-state index contributed by atoms with van der Waals surface area (Å²) in [6, 6.07) is 8.44. The zero-order valence-electron chi connectivity index (χ0n) is 31.4. The molecule has 0 aliphatic carbocycles. The van der Waals surface area contributed by atoms with Crippen molar-refractivity contribution in [3.63, 3.8) is 0 Å². The lowest BCUT2D eigenvalue weighted by atomic mass is 9.97. The number of carbonyl (C=O) groups is 1. The van der Waals surface area contributed by atoms with Gasteiger partial charge in [-0.05, 0) is 114 Å². The van der Waals surface area contributed by atoms with Crippen LogP contribution in [-0.4, -0.2) is 48.8 Å². The highest BCUT2D eigenvalue weighted by molar-refractivity contribution is 5.77. The molecular weight excluding hydrogens is 578 g/mol. The van der Waals surface area contributed by atoms with Crippen LogP contribution in [0, 0.1) is 5.92 Å². The average Bonchev–Trinajstić information content (AvgIpc) is 3.06. The number of rotatable bonds is 32. The van der Waals surface area contributed by atoms with Crippen molar-refractivity contribution in [3.05, 3.63) is 59.7 Å². The Labute approximate surface area is 291 Å². The van der Waals surface area contributed by atoms with Crippen LogP contribution < -0.4 is 0 Å². The van der Waals surface area contributed by atoms with E-state index >= 15 is 0 Å². The maximum absolute atomic E-state index is 12.5. The van der Waals surface area contributed by atoms with Crippen molar-refractivity contribution in [2.24, 2.45) is 5.92 Å². The van der Waals surface area contributed by atoms with Crippen LogP contribution in [0.25, 0.3) is 0 Å². The van der Waals surface area contributed by atoms with Crippen molar-refractivity contribution in [1.29, 1.82) is 0 Å². The number of hydrogen-bond acceptors (Lipinski definition) is 4. The summed E-state index contributed by atoms with van der Waals surface area (Å²) in [4.78, 5) is 15.1. The quantitative estimate of drug-likeness (QED) is 0.0477. The summed E-state index contributed by atoms with van der Waals surface area (Å²) in [6.45, 7) is 13.0. The molecule has 4 heteroatoms. The predicted molar refractivity (Wildman–Crippen MR) is 204 cm³/mol. The number of aliphatic hydroxyl groups excluding tert-OH is 1. The monoisotopic (exact) mass is 654 g/mol. The normalized spacial score (nSPS) is 12.7. The van der Waals surface area contributed by atoms with Gasteiger partial charge in [-0.3, -0.25) is 4.79 Å². The fraction of sp³-hybridized carbons (Fsp3) is 0.744. The van der Waals surface area contributed by atoms with Gasteiger partial charge in [0.05, 0.1) is 12.5 Å². The maximum atomic E-state index is 12.5. The van der Waals surface area contributed by atoms with Gasteiger partial charge in [0, 0.05) is 6.61 Å². The first-order valence-corrected chi connectivity index (χ1v) is 19.9. The minimum Gasteiger partial charge on any atom is -0.465 e. The van der Waals surface area contributed by atoms with Crippen molar-refractivity contribution in [2.45, 2.75) is 168 Å². The van der Waals surface area contributed by atoms with Crippen LogP contribution in [0.4, 0.5) is 0 Å². The van der Waals surface area contributed by atoms with Gasteiger partial charge < -0.3 is 14.7 Å². The van der Waals surface area contributed by atoms with Gasteiger partial charge in [-0.25, -0.2) is 0 Å². The molecule has 0 heterocycles. The number of esters is 1. The van der Waals surface area contributed by atoms with Gasteiger partial charge in [-0.2, -0.15) is 0 Å². The van der Waals surface area contributed by atoms with Crippen molar-refractivity contribution in [1.82, 2.24) is 4.90 Å². The van der Waals surface area contributed by atoms with Gasteiger partial charge in [0.15, 0.2) is 0 Å². The number of benzene rings is 1. The molecule has 1 rings (SSSR count). The number of unbranched alkanes of at least 4 members (excludes halogenated alkanes) is 15. The van der Waals surface area contributed by atoms with E-state index in [-0.39, 0.29) is 11.9 Å². The number of ether oxygens (including phenoxy) is 1. The number of allylic oxidation sites excluding steroid dienone is 4. The zero-order valence-corrected chi connectivity index (χ0v) is 31.4. The number of nitrogens with zero attached hydrogens (tertiary/aromatic N) is 1. The summed E-state index contributed by atoms with van der Waals surface area (Å²) in [7, 11) is 0. The van der Waals surface area contributed by atoms with E-state index in [1.54, 1.807) is 0 Å². The van der Waals surface area contributed by atoms with E-state index in [4.69, 9.17) is 4.74 Å². The Morgan fingerprint density at radius 3 is 1.77 bits per heavy atom. The summed E-state index contributed by atoms with van der Waals surface area (Å²) in [5.74, 6) is 0.314. The van der Waals surface area contributed by atoms with Gasteiger partial charge in [-0.15, -0.1) is 0 Å². The molecule has 47 heavy (non-hydrogen) atoms. The minimum absolute atomic E-state index is 0.110. The Hall–Kier alpha value is -1.91. The first-order valence-electron chi connectivity index (χ1n) is 19.9. The molecule has 0 saturated carbocycles. The molecular formula is C43H75NO3. The van der Waals surface area contributed by atoms with Crippen molar-refractivity contribution in [3.8, 4) is 0 Å². The molecule has 1 aromatic rings. The van der Waals surface area contributed by atoms with Gasteiger partial charge in [0.1, 0.15) is 0 Å². The Bertz CT molecular complexity index is 891. The first kappa shape index (κ1) is 43.1. The molecule has 1 atom stereocenters. The Morgan fingerprint density at radius 2 is 1.19 bits per heavy atom. The second-order valence-corrected chi connectivity index (χ2v) is 14.2. The van der Waals surface area contributed by atoms with Crippen LogP contribution in [0.2, 0.25) is 0 Å². The molecule has 0 spiro atoms. The highest BCUT2D eigenvalue weighted by Gasteiger charge is 2.16. The van der Waals surface area contributed by atoms with Crippen molar-refractivity contribution < 1.29 is 14.6 Å².